The van der Waals surface area contributed by atoms with Gasteiger partial charge in [-0.05, 0) is 12.1 Å². The summed E-state index contributed by atoms with van der Waals surface area (Å²) < 4.78 is 4.87. The predicted molar refractivity (Wildman–Crippen MR) is 57.1 cm³/mol. The predicted octanol–water partition coefficient (Wildman–Crippen LogP) is 1.07. The molecule has 0 aliphatic heterocycles. The Morgan fingerprint density at radius 1 is 1.50 bits per heavy atom. The summed E-state index contributed by atoms with van der Waals surface area (Å²) in [6.45, 7) is 1.29. The maximum atomic E-state index is 10.7. The molecule has 0 fully saturated rings. The molecule has 2 N–H and O–H groups in total. The number of ether oxygens (including phenoxy) is 1. The van der Waals surface area contributed by atoms with E-state index >= 15 is 0 Å². The number of amides is 1. The zero-order valence-electron chi connectivity index (χ0n) is 8.81. The monoisotopic (exact) mass is 225 g/mol. The fourth-order valence-electron chi connectivity index (χ4n) is 1.05. The van der Waals surface area contributed by atoms with Crippen LogP contribution in [0.25, 0.3) is 0 Å². The number of nitrogens with zero attached hydrogens (tertiary/aromatic N) is 1. The van der Waals surface area contributed by atoms with E-state index in [-0.39, 0.29) is 17.3 Å². The third-order valence-electron chi connectivity index (χ3n) is 1.77. The van der Waals surface area contributed by atoms with Crippen molar-refractivity contribution >= 4 is 17.3 Å². The summed E-state index contributed by atoms with van der Waals surface area (Å²) in [7, 11) is 1.42. The lowest BCUT2D eigenvalue weighted by Gasteiger charge is -2.07. The highest BCUT2D eigenvalue weighted by Crippen LogP contribution is 2.28. The van der Waals surface area contributed by atoms with Gasteiger partial charge in [0.05, 0.1) is 18.1 Å². The molecule has 1 amide bonds. The summed E-state index contributed by atoms with van der Waals surface area (Å²) in [6, 6.07) is 4.27. The molecule has 1 aromatic rings. The zero-order valence-corrected chi connectivity index (χ0v) is 8.81. The number of nitro benzene ring substituents is 1. The second kappa shape index (κ2) is 4.96. The lowest BCUT2D eigenvalue weighted by Crippen LogP contribution is -2.26. The van der Waals surface area contributed by atoms with Crippen LogP contribution in [0.3, 0.4) is 0 Å². The second-order valence-corrected chi connectivity index (χ2v) is 2.95. The van der Waals surface area contributed by atoms with Gasteiger partial charge >= 0.3 is 0 Å². The van der Waals surface area contributed by atoms with E-state index < -0.39 is 4.92 Å². The summed E-state index contributed by atoms with van der Waals surface area (Å²) in [6.07, 6.45) is 0. The van der Waals surface area contributed by atoms with Gasteiger partial charge in [0, 0.05) is 6.92 Å². The summed E-state index contributed by atoms with van der Waals surface area (Å²) >= 11 is 0. The zero-order chi connectivity index (χ0) is 12.1. The molecule has 0 saturated carbocycles. The van der Waals surface area contributed by atoms with Gasteiger partial charge < -0.3 is 4.74 Å². The molecule has 7 heteroatoms. The van der Waals surface area contributed by atoms with Gasteiger partial charge in [-0.2, -0.15) is 0 Å². The van der Waals surface area contributed by atoms with E-state index in [4.69, 9.17) is 4.74 Å². The number of nitrogens with one attached hydrogen (secondary N) is 2. The molecule has 0 unspecified atom stereocenters. The smallest absolute Gasteiger partial charge is 0.297 e. The van der Waals surface area contributed by atoms with E-state index in [2.05, 4.69) is 10.9 Å². The number of hydrogen-bond acceptors (Lipinski definition) is 5. The first-order chi connectivity index (χ1) is 7.54. The van der Waals surface area contributed by atoms with Crippen LogP contribution in [0.1, 0.15) is 6.92 Å². The maximum absolute atomic E-state index is 10.7. The van der Waals surface area contributed by atoms with Crippen LogP contribution < -0.4 is 15.6 Å². The average molecular weight is 225 g/mol. The van der Waals surface area contributed by atoms with Gasteiger partial charge in [-0.1, -0.05) is 0 Å². The minimum atomic E-state index is -0.563. The summed E-state index contributed by atoms with van der Waals surface area (Å²) in [5, 5.41) is 10.7. The van der Waals surface area contributed by atoms with Gasteiger partial charge in [0.25, 0.3) is 5.69 Å². The Bertz CT molecular complexity index is 419. The highest BCUT2D eigenvalue weighted by Gasteiger charge is 2.14. The largest absolute Gasteiger partial charge is 0.496 e. The Labute approximate surface area is 91.5 Å². The van der Waals surface area contributed by atoms with E-state index in [1.807, 2.05) is 0 Å². The van der Waals surface area contributed by atoms with Crippen LogP contribution in [0.4, 0.5) is 11.4 Å². The molecule has 0 bridgehead atoms. The van der Waals surface area contributed by atoms with E-state index in [0.29, 0.717) is 5.75 Å². The van der Waals surface area contributed by atoms with E-state index in [9.17, 15) is 14.9 Å². The van der Waals surface area contributed by atoms with Crippen molar-refractivity contribution in [3.8, 4) is 5.75 Å². The molecular weight excluding hydrogens is 214 g/mol. The molecule has 86 valence electrons. The minimum absolute atomic E-state index is 0.173. The Balaban J connectivity index is 2.98. The van der Waals surface area contributed by atoms with Crippen LogP contribution in [-0.2, 0) is 4.79 Å². The van der Waals surface area contributed by atoms with Gasteiger partial charge in [0.2, 0.25) is 5.91 Å². The van der Waals surface area contributed by atoms with Crippen molar-refractivity contribution in [2.45, 2.75) is 6.92 Å². The van der Waals surface area contributed by atoms with Crippen molar-refractivity contribution < 1.29 is 14.5 Å². The highest BCUT2D eigenvalue weighted by atomic mass is 16.6. The molecule has 1 rings (SSSR count). The molecule has 0 spiro atoms. The normalized spacial score (nSPS) is 9.38. The Kier molecular flexibility index (Phi) is 3.65. The standard InChI is InChI=1S/C9H11N3O4/c1-6(13)10-11-8-4-3-7(16-2)5-9(8)12(14)15/h3-5,11H,1-2H3,(H,10,13). The molecule has 0 aliphatic rings. The van der Waals surface area contributed by atoms with Crippen molar-refractivity contribution in [2.75, 3.05) is 12.5 Å². The van der Waals surface area contributed by atoms with Crippen LogP contribution >= 0.6 is 0 Å². The van der Waals surface area contributed by atoms with E-state index in [0.717, 1.165) is 0 Å². The Morgan fingerprint density at radius 2 is 2.19 bits per heavy atom. The van der Waals surface area contributed by atoms with Gasteiger partial charge in [-0.15, -0.1) is 0 Å². The average Bonchev–Trinajstić information content (AvgIpc) is 2.25. The van der Waals surface area contributed by atoms with E-state index in [1.54, 1.807) is 6.07 Å². The number of methoxy groups -OCH3 is 1. The SMILES string of the molecule is COc1ccc(NNC(C)=O)c([N+](=O)[O-])c1. The van der Waals surface area contributed by atoms with Crippen LogP contribution in [-0.4, -0.2) is 17.9 Å². The van der Waals surface area contributed by atoms with Crippen molar-refractivity contribution in [1.29, 1.82) is 0 Å². The lowest BCUT2D eigenvalue weighted by molar-refractivity contribution is -0.384. The molecule has 0 aliphatic carbocycles. The quantitative estimate of drug-likeness (QED) is 0.590. The van der Waals surface area contributed by atoms with Crippen LogP contribution in [0.2, 0.25) is 0 Å². The van der Waals surface area contributed by atoms with Gasteiger partial charge in [-0.25, -0.2) is 0 Å². The Morgan fingerprint density at radius 3 is 2.69 bits per heavy atom. The third-order valence-corrected chi connectivity index (χ3v) is 1.77. The number of carbonyl (C=O) groups excluding carboxylic acids is 1. The molecule has 0 heterocycles. The number of carbonyl (C=O) groups is 1. The van der Waals surface area contributed by atoms with Crippen LogP contribution in [0.15, 0.2) is 18.2 Å². The topological polar surface area (TPSA) is 93.5 Å². The number of nitro groups is 1. The van der Waals surface area contributed by atoms with Gasteiger partial charge in [-0.3, -0.25) is 25.8 Å². The molecule has 1 aromatic carbocycles. The summed E-state index contributed by atoms with van der Waals surface area (Å²) in [5.74, 6) is 0.0326. The maximum Gasteiger partial charge on any atom is 0.297 e. The van der Waals surface area contributed by atoms with Crippen molar-refractivity contribution in [3.05, 3.63) is 28.3 Å². The number of rotatable bonds is 4. The molecule has 0 radical (unpaired) electrons. The highest BCUT2D eigenvalue weighted by molar-refractivity contribution is 5.76. The molecule has 7 nitrogen and oxygen atoms in total. The van der Waals surface area contributed by atoms with Crippen molar-refractivity contribution in [2.24, 2.45) is 0 Å². The number of hydrazine groups is 1. The summed E-state index contributed by atoms with van der Waals surface area (Å²) in [4.78, 5) is 20.8. The van der Waals surface area contributed by atoms with Gasteiger partial charge in [0.1, 0.15) is 11.4 Å². The minimum Gasteiger partial charge on any atom is -0.496 e. The van der Waals surface area contributed by atoms with Crippen molar-refractivity contribution in [1.82, 2.24) is 5.43 Å². The first kappa shape index (κ1) is 11.8. The number of hydrogen-bond donors (Lipinski definition) is 2. The van der Waals surface area contributed by atoms with E-state index in [1.165, 1.54) is 26.2 Å². The fraction of sp³-hybridized carbons (Fsp3) is 0.222. The Hall–Kier alpha value is -2.31. The van der Waals surface area contributed by atoms with Crippen LogP contribution in [0.5, 0.6) is 5.75 Å². The molecule has 0 atom stereocenters. The van der Waals surface area contributed by atoms with Crippen LogP contribution in [0, 0.1) is 10.1 Å². The third kappa shape index (κ3) is 2.84. The molecule has 0 saturated heterocycles. The number of benzene rings is 1. The van der Waals surface area contributed by atoms with Crippen molar-refractivity contribution in [3.63, 3.8) is 0 Å². The molecular formula is C9H11N3O4. The fourth-order valence-corrected chi connectivity index (χ4v) is 1.05. The molecule has 0 aromatic heterocycles. The number of anilines is 1. The first-order valence-corrected chi connectivity index (χ1v) is 4.39. The lowest BCUT2D eigenvalue weighted by atomic mass is 10.2. The molecule has 16 heavy (non-hydrogen) atoms. The first-order valence-electron chi connectivity index (χ1n) is 4.39. The second-order valence-electron chi connectivity index (χ2n) is 2.95. The van der Waals surface area contributed by atoms with Gasteiger partial charge in [0.15, 0.2) is 0 Å². The summed E-state index contributed by atoms with van der Waals surface area (Å²) in [5.41, 5.74) is 4.73.